The van der Waals surface area contributed by atoms with Gasteiger partial charge < -0.3 is 11.1 Å². The molecule has 1 unspecified atom stereocenters. The largest absolute Gasteiger partial charge is 0.416 e. The lowest BCUT2D eigenvalue weighted by Crippen LogP contribution is -2.58. The van der Waals surface area contributed by atoms with Gasteiger partial charge in [0.15, 0.2) is 5.78 Å². The van der Waals surface area contributed by atoms with Crippen LogP contribution in [0.1, 0.15) is 68.9 Å². The van der Waals surface area contributed by atoms with E-state index in [1.54, 1.807) is 12.1 Å². The summed E-state index contributed by atoms with van der Waals surface area (Å²) >= 11 is 0. The van der Waals surface area contributed by atoms with Crippen LogP contribution < -0.4 is 11.1 Å². The van der Waals surface area contributed by atoms with Crippen molar-refractivity contribution in [1.29, 1.82) is 0 Å². The lowest BCUT2D eigenvalue weighted by molar-refractivity contribution is -0.140. The molecule has 0 radical (unpaired) electrons. The van der Waals surface area contributed by atoms with E-state index in [0.29, 0.717) is 25.3 Å². The Balaban J connectivity index is 1.57. The number of allylic oxidation sites excluding steroid dienone is 2. The first-order valence-electron chi connectivity index (χ1n) is 12.0. The third-order valence-corrected chi connectivity index (χ3v) is 9.44. The van der Waals surface area contributed by atoms with Crippen LogP contribution >= 0.6 is 0 Å². The number of carbonyl (C=O) groups excluding carboxylic acids is 2. The summed E-state index contributed by atoms with van der Waals surface area (Å²) in [5.41, 5.74) is 5.52. The molecule has 1 aliphatic heterocycles. The summed E-state index contributed by atoms with van der Waals surface area (Å²) in [6, 6.07) is 5.46. The molecule has 0 aromatic heterocycles. The Hall–Kier alpha value is -2.31. The number of primary amides is 1. The van der Waals surface area contributed by atoms with E-state index < -0.39 is 29.0 Å². The Bertz CT molecular complexity index is 1020. The Morgan fingerprint density at radius 2 is 1.91 bits per heavy atom. The van der Waals surface area contributed by atoms with E-state index in [1.165, 1.54) is 12.1 Å². The van der Waals surface area contributed by atoms with E-state index in [1.807, 2.05) is 0 Å². The van der Waals surface area contributed by atoms with Crippen LogP contribution in [0.15, 0.2) is 36.0 Å². The lowest BCUT2D eigenvalue weighted by Gasteiger charge is -2.59. The van der Waals surface area contributed by atoms with Crippen molar-refractivity contribution in [3.63, 3.8) is 0 Å². The number of hydrogen-bond acceptors (Lipinski definition) is 3. The first-order valence-corrected chi connectivity index (χ1v) is 12.0. The number of rotatable bonds is 3. The van der Waals surface area contributed by atoms with E-state index in [9.17, 15) is 22.8 Å². The normalized spacial score (nSPS) is 36.7. The van der Waals surface area contributed by atoms with E-state index >= 15 is 0 Å². The van der Waals surface area contributed by atoms with Gasteiger partial charge in [0.25, 0.3) is 0 Å². The highest BCUT2D eigenvalue weighted by molar-refractivity contribution is 5.91. The SMILES string of the molecule is C[C@]12CCC(=O)C=C1NC[C@H]1[C@@H]3CCC[C@@]3(C(C(N)=O)c3ccccc3C(F)(F)F)CC[C@@H]12. The number of fused-ring (bicyclic) bond motifs is 5. The number of carbonyl (C=O) groups is 2. The fourth-order valence-corrected chi connectivity index (χ4v) is 8.11. The van der Waals surface area contributed by atoms with Gasteiger partial charge in [0.1, 0.15) is 0 Å². The number of hydrogen-bond donors (Lipinski definition) is 2. The summed E-state index contributed by atoms with van der Waals surface area (Å²) in [4.78, 5) is 24.9. The number of nitrogens with two attached hydrogens (primary N) is 1. The quantitative estimate of drug-likeness (QED) is 0.671. The first-order chi connectivity index (χ1) is 15.6. The summed E-state index contributed by atoms with van der Waals surface area (Å²) in [5, 5.41) is 3.51. The second-order valence-corrected chi connectivity index (χ2v) is 10.8. The molecule has 0 bridgehead atoms. The molecule has 5 rings (SSSR count). The van der Waals surface area contributed by atoms with Gasteiger partial charge >= 0.3 is 6.18 Å². The van der Waals surface area contributed by atoms with Crippen molar-refractivity contribution >= 4 is 11.7 Å². The minimum absolute atomic E-state index is 0.0293. The predicted molar refractivity (Wildman–Crippen MR) is 118 cm³/mol. The zero-order valence-electron chi connectivity index (χ0n) is 18.9. The van der Waals surface area contributed by atoms with Crippen molar-refractivity contribution in [3.05, 3.63) is 47.2 Å². The van der Waals surface area contributed by atoms with Gasteiger partial charge in [-0.15, -0.1) is 0 Å². The summed E-state index contributed by atoms with van der Waals surface area (Å²) in [7, 11) is 0. The molecule has 0 spiro atoms. The van der Waals surface area contributed by atoms with Gasteiger partial charge in [-0.3, -0.25) is 9.59 Å². The van der Waals surface area contributed by atoms with Crippen molar-refractivity contribution in [2.75, 3.05) is 6.54 Å². The fourth-order valence-electron chi connectivity index (χ4n) is 8.11. The fraction of sp³-hybridized carbons (Fsp3) is 0.615. The highest BCUT2D eigenvalue weighted by Crippen LogP contribution is 2.66. The van der Waals surface area contributed by atoms with Gasteiger partial charge in [-0.25, -0.2) is 0 Å². The van der Waals surface area contributed by atoms with Gasteiger partial charge in [0.05, 0.1) is 11.5 Å². The third kappa shape index (κ3) is 3.33. The van der Waals surface area contributed by atoms with Crippen LogP contribution in [-0.2, 0) is 15.8 Å². The maximum atomic E-state index is 13.9. The van der Waals surface area contributed by atoms with Gasteiger partial charge in [-0.1, -0.05) is 31.5 Å². The predicted octanol–water partition coefficient (Wildman–Crippen LogP) is 4.94. The van der Waals surface area contributed by atoms with Crippen molar-refractivity contribution in [3.8, 4) is 0 Å². The topological polar surface area (TPSA) is 72.2 Å². The van der Waals surface area contributed by atoms with E-state index in [2.05, 4.69) is 12.2 Å². The van der Waals surface area contributed by atoms with Crippen LogP contribution in [-0.4, -0.2) is 18.2 Å². The maximum Gasteiger partial charge on any atom is 0.416 e. The molecular formula is C26H31F3N2O2. The molecule has 1 heterocycles. The molecule has 3 N–H and O–H groups in total. The Labute approximate surface area is 192 Å². The number of benzene rings is 1. The Morgan fingerprint density at radius 3 is 2.64 bits per heavy atom. The molecule has 3 fully saturated rings. The number of piperidine rings is 1. The first kappa shape index (κ1) is 22.5. The number of amides is 1. The maximum absolute atomic E-state index is 13.9. The van der Waals surface area contributed by atoms with Crippen LogP contribution in [0, 0.1) is 28.6 Å². The zero-order chi connectivity index (χ0) is 23.6. The molecule has 4 nitrogen and oxygen atoms in total. The van der Waals surface area contributed by atoms with Crippen molar-refractivity contribution in [2.24, 2.45) is 34.3 Å². The summed E-state index contributed by atoms with van der Waals surface area (Å²) in [6.45, 7) is 2.92. The van der Waals surface area contributed by atoms with Crippen LogP contribution in [0.4, 0.5) is 13.2 Å². The van der Waals surface area contributed by atoms with Gasteiger partial charge in [-0.05, 0) is 66.9 Å². The average Bonchev–Trinajstić information content (AvgIpc) is 3.18. The summed E-state index contributed by atoms with van der Waals surface area (Å²) < 4.78 is 41.8. The van der Waals surface area contributed by atoms with E-state index in [-0.39, 0.29) is 28.6 Å². The Morgan fingerprint density at radius 1 is 1.15 bits per heavy atom. The van der Waals surface area contributed by atoms with Crippen molar-refractivity contribution in [2.45, 2.75) is 64.0 Å². The molecule has 33 heavy (non-hydrogen) atoms. The third-order valence-electron chi connectivity index (χ3n) is 9.44. The molecule has 2 saturated carbocycles. The summed E-state index contributed by atoms with van der Waals surface area (Å²) in [5.74, 6) is -0.745. The minimum atomic E-state index is -4.54. The molecule has 6 atom stereocenters. The molecule has 4 aliphatic rings. The lowest BCUT2D eigenvalue weighted by atomic mass is 9.47. The molecule has 1 aromatic rings. The average molecular weight is 461 g/mol. The standard InChI is InChI=1S/C26H31F3N2O2/c1-24-11-8-15(32)13-21(24)31-14-17-18(24)9-12-25(10-4-7-19(17)25)22(23(30)33)16-5-2-3-6-20(16)26(27,28)29/h2-3,5-6,13,17-19,22,31H,4,7-12,14H2,1H3,(H2,30,33)/t17-,18+,19+,22?,24-,25-/m1/s1. The highest BCUT2D eigenvalue weighted by Gasteiger charge is 2.61. The number of nitrogens with one attached hydrogen (secondary N) is 1. The number of halogens is 3. The monoisotopic (exact) mass is 460 g/mol. The van der Waals surface area contributed by atoms with Crippen LogP contribution in [0.5, 0.6) is 0 Å². The molecular weight excluding hydrogens is 429 g/mol. The highest BCUT2D eigenvalue weighted by atomic mass is 19.4. The van der Waals surface area contributed by atoms with Crippen LogP contribution in [0.3, 0.4) is 0 Å². The van der Waals surface area contributed by atoms with E-state index in [0.717, 1.165) is 43.9 Å². The minimum Gasteiger partial charge on any atom is -0.387 e. The van der Waals surface area contributed by atoms with E-state index in [4.69, 9.17) is 5.73 Å². The number of alkyl halides is 3. The van der Waals surface area contributed by atoms with Crippen LogP contribution in [0.25, 0.3) is 0 Å². The smallest absolute Gasteiger partial charge is 0.387 e. The molecule has 1 amide bonds. The Kier molecular flexibility index (Phi) is 5.18. The number of ketones is 1. The van der Waals surface area contributed by atoms with Crippen LogP contribution in [0.2, 0.25) is 0 Å². The second-order valence-electron chi connectivity index (χ2n) is 10.8. The molecule has 178 valence electrons. The molecule has 1 saturated heterocycles. The van der Waals surface area contributed by atoms with Crippen molar-refractivity contribution < 1.29 is 22.8 Å². The van der Waals surface area contributed by atoms with Gasteiger partial charge in [0, 0.05) is 30.2 Å². The zero-order valence-corrected chi connectivity index (χ0v) is 18.9. The van der Waals surface area contributed by atoms with Crippen molar-refractivity contribution in [1.82, 2.24) is 5.32 Å². The second kappa shape index (κ2) is 7.60. The molecule has 7 heteroatoms. The van der Waals surface area contributed by atoms with Gasteiger partial charge in [-0.2, -0.15) is 13.2 Å². The van der Waals surface area contributed by atoms with Gasteiger partial charge in [0.2, 0.25) is 5.91 Å². The molecule has 3 aliphatic carbocycles. The molecule has 1 aromatic carbocycles. The summed E-state index contributed by atoms with van der Waals surface area (Å²) in [6.07, 6.45) is 2.57.